The minimum atomic E-state index is 0. The number of nitrogens with zero attached hydrogens (tertiary/aromatic N) is 2. The van der Waals surface area contributed by atoms with E-state index in [2.05, 4.69) is 0 Å². The van der Waals surface area contributed by atoms with E-state index >= 15 is 0 Å². The summed E-state index contributed by atoms with van der Waals surface area (Å²) in [6.07, 6.45) is 0. The SMILES string of the molecule is C.N#N.O. The van der Waals surface area contributed by atoms with Crippen molar-refractivity contribution in [2.24, 2.45) is 0 Å². The van der Waals surface area contributed by atoms with Gasteiger partial charge in [0.05, 0.1) is 0 Å². The second-order valence-corrected chi connectivity index (χ2v) is 0. The van der Waals surface area contributed by atoms with Gasteiger partial charge in [0.2, 0.25) is 0 Å². The number of hydrogen-bond acceptors (Lipinski definition) is 2. The van der Waals surface area contributed by atoms with Crippen LogP contribution >= 0.6 is 0 Å². The minimum Gasteiger partial charge on any atom is -0.412 e. The van der Waals surface area contributed by atoms with Gasteiger partial charge in [0.15, 0.2) is 0 Å². The molecule has 0 aromatic rings. The highest BCUT2D eigenvalue weighted by Crippen LogP contribution is 0.592. The van der Waals surface area contributed by atoms with Crippen LogP contribution in [0.25, 0.3) is 0 Å². The molecule has 0 spiro atoms. The molecule has 0 unspecified atom stereocenters. The van der Waals surface area contributed by atoms with Gasteiger partial charge in [0, 0.05) is 10.8 Å². The normalized spacial score (nSPS) is 0.500. The molecule has 0 rings (SSSR count). The van der Waals surface area contributed by atoms with Crippen LogP contribution in [0.1, 0.15) is 7.43 Å². The summed E-state index contributed by atoms with van der Waals surface area (Å²) in [6, 6.07) is 0. The highest BCUT2D eigenvalue weighted by molar-refractivity contribution is 2.50. The van der Waals surface area contributed by atoms with Gasteiger partial charge in [0.25, 0.3) is 0 Å². The van der Waals surface area contributed by atoms with Gasteiger partial charge in [0.1, 0.15) is 0 Å². The van der Waals surface area contributed by atoms with Gasteiger partial charge in [-0.05, 0) is 0 Å². The fourth-order valence-corrected chi connectivity index (χ4v) is 0. The molecule has 0 aromatic heterocycles. The lowest BCUT2D eigenvalue weighted by Gasteiger charge is -0.577. The maximum Gasteiger partial charge on any atom is 0 e. The van der Waals surface area contributed by atoms with Crippen LogP contribution in [-0.2, 0) is 0 Å². The molecule has 0 aliphatic carbocycles. The van der Waals surface area contributed by atoms with Gasteiger partial charge < -0.3 is 5.48 Å². The molecule has 0 radical (unpaired) electrons. The predicted molar refractivity (Wildman–Crippen MR) is 13.8 cm³/mol. The van der Waals surface area contributed by atoms with Crippen LogP contribution in [0.5, 0.6) is 0 Å². The van der Waals surface area contributed by atoms with Crippen molar-refractivity contribution in [3.63, 3.8) is 0 Å². The van der Waals surface area contributed by atoms with Crippen molar-refractivity contribution in [1.82, 2.24) is 0 Å². The van der Waals surface area contributed by atoms with E-state index in [0.717, 1.165) is 0 Å². The Morgan fingerprint density at radius 3 is 1.00 bits per heavy atom. The first kappa shape index (κ1) is 133. The van der Waals surface area contributed by atoms with Crippen LogP contribution in [0.4, 0.5) is 0 Å². The second-order valence-electron chi connectivity index (χ2n) is 0. The predicted octanol–water partition coefficient (Wildman–Crippen LogP) is -0.158. The Balaban J connectivity index is -0.00000000500. The molecule has 0 aliphatic heterocycles. The lowest BCUT2D eigenvalue weighted by molar-refractivity contribution is 0.824. The van der Waals surface area contributed by atoms with E-state index in [0.29, 0.717) is 0 Å². The van der Waals surface area contributed by atoms with E-state index in [1.54, 1.807) is 0 Å². The molecule has 0 fully saturated rings. The maximum absolute atomic E-state index is 6.00. The highest BCUT2D eigenvalue weighted by Gasteiger charge is 0.577. The van der Waals surface area contributed by atoms with Gasteiger partial charge >= 0.3 is 0 Å². The van der Waals surface area contributed by atoms with Crippen LogP contribution in [0.2, 0.25) is 0 Å². The number of hydrogen-bond donors (Lipinski definition) is 0. The molecular formula is CH6N2O. The lowest BCUT2D eigenvalue weighted by atomic mass is 12.0. The quantitative estimate of drug-likeness (QED) is 0.365. The third kappa shape index (κ3) is 0.518. The van der Waals surface area contributed by atoms with Crippen LogP contribution in [0.15, 0.2) is 0 Å². The Labute approximate surface area is 25.0 Å². The van der Waals surface area contributed by atoms with Crippen molar-refractivity contribution in [2.45, 2.75) is 7.43 Å². The van der Waals surface area contributed by atoms with E-state index < -0.39 is 0 Å². The molecule has 0 amide bonds. The molecule has 26 valence electrons. The highest BCUT2D eigenvalue weighted by atomic mass is 16.0. The van der Waals surface area contributed by atoms with E-state index in [1.165, 1.54) is 0 Å². The van der Waals surface area contributed by atoms with Gasteiger partial charge in [-0.1, -0.05) is 7.43 Å². The molecule has 0 atom stereocenters. The summed E-state index contributed by atoms with van der Waals surface area (Å²) in [4.78, 5) is 0. The average molecular weight is 62.1 g/mol. The van der Waals surface area contributed by atoms with E-state index in [9.17, 15) is 0 Å². The van der Waals surface area contributed by atoms with Crippen molar-refractivity contribution >= 4 is 0 Å². The first-order valence-electron chi connectivity index (χ1n) is 0.200. The Hall–Kier alpha value is -0.620. The zero-order chi connectivity index (χ0) is 2.00. The summed E-state index contributed by atoms with van der Waals surface area (Å²) >= 11 is 0. The molecule has 0 aromatic carbocycles. The molecular weight excluding hydrogens is 56.0 g/mol. The Bertz CT molecular complexity index is 10.8. The summed E-state index contributed by atoms with van der Waals surface area (Å²) in [7, 11) is 0. The van der Waals surface area contributed by atoms with Crippen LogP contribution in [0.3, 0.4) is 0 Å². The molecule has 0 heterocycles. The summed E-state index contributed by atoms with van der Waals surface area (Å²) in [5, 5.41) is 12.0. The van der Waals surface area contributed by atoms with Crippen molar-refractivity contribution in [2.75, 3.05) is 0 Å². The summed E-state index contributed by atoms with van der Waals surface area (Å²) in [6.45, 7) is 0. The zero-order valence-corrected chi connectivity index (χ0v) is 1.39. The lowest BCUT2D eigenvalue weighted by Crippen LogP contribution is -0.562. The Kier molecular flexibility index (Phi) is 391. The third-order valence-corrected chi connectivity index (χ3v) is 0. The average Bonchev–Trinajstić information content (AvgIpc) is 1.00. The molecule has 2 N–H and O–H groups in total. The molecule has 3 nitrogen and oxygen atoms in total. The standard InChI is InChI=1S/CH4.N2.H2O/c;1-2;/h1H4;;1H2. The second kappa shape index (κ2) is 11.8. The third-order valence-electron chi connectivity index (χ3n) is 0. The van der Waals surface area contributed by atoms with E-state index in [-0.39, 0.29) is 12.9 Å². The molecule has 0 saturated heterocycles. The Morgan fingerprint density at radius 1 is 1.00 bits per heavy atom. The smallest absolute Gasteiger partial charge is 0 e. The summed E-state index contributed by atoms with van der Waals surface area (Å²) < 4.78 is 0. The van der Waals surface area contributed by atoms with E-state index in [1.807, 2.05) is 0 Å². The summed E-state index contributed by atoms with van der Waals surface area (Å²) in [5.74, 6) is 0. The molecule has 0 aliphatic rings. The minimum absolute atomic E-state index is 0. The van der Waals surface area contributed by atoms with E-state index in [4.69, 9.17) is 10.8 Å². The Morgan fingerprint density at radius 2 is 1.00 bits per heavy atom. The first-order valence-corrected chi connectivity index (χ1v) is 0.200. The number of rotatable bonds is 0. The molecule has 4 heavy (non-hydrogen) atoms. The molecule has 0 saturated carbocycles. The topological polar surface area (TPSA) is 79.1 Å². The maximum atomic E-state index is 6.00. The van der Waals surface area contributed by atoms with Gasteiger partial charge in [-0.15, -0.1) is 0 Å². The summed E-state index contributed by atoms with van der Waals surface area (Å²) in [5.41, 5.74) is 0. The fraction of sp³-hybridized carbons (Fsp3) is 1.00. The van der Waals surface area contributed by atoms with Gasteiger partial charge in [-0.25, -0.2) is 0 Å². The monoisotopic (exact) mass is 62.0 g/mol. The first-order chi connectivity index (χ1) is 1.00. The largest absolute Gasteiger partial charge is 0.412 e. The van der Waals surface area contributed by atoms with Crippen LogP contribution < -0.4 is 0 Å². The van der Waals surface area contributed by atoms with Crippen LogP contribution in [-0.4, -0.2) is 5.48 Å². The van der Waals surface area contributed by atoms with Crippen LogP contribution in [0, 0.1) is 10.8 Å². The zero-order valence-electron chi connectivity index (χ0n) is 1.39. The fourth-order valence-electron chi connectivity index (χ4n) is 0. The van der Waals surface area contributed by atoms with Gasteiger partial charge in [-0.3, -0.25) is 0 Å². The van der Waals surface area contributed by atoms with Crippen molar-refractivity contribution in [3.8, 4) is 0 Å². The van der Waals surface area contributed by atoms with Gasteiger partial charge in [-0.2, -0.15) is 0 Å². The van der Waals surface area contributed by atoms with Crippen molar-refractivity contribution < 1.29 is 5.48 Å². The molecule has 3 heteroatoms. The molecule has 0 bridgehead atoms. The van der Waals surface area contributed by atoms with Crippen molar-refractivity contribution in [1.29, 1.82) is 10.8 Å². The van der Waals surface area contributed by atoms with Crippen molar-refractivity contribution in [3.05, 3.63) is 0 Å².